The molecule has 0 atom stereocenters. The van der Waals surface area contributed by atoms with E-state index in [-0.39, 0.29) is 5.56 Å². The average molecular weight is 312 g/mol. The summed E-state index contributed by atoms with van der Waals surface area (Å²) < 4.78 is 26.6. The summed E-state index contributed by atoms with van der Waals surface area (Å²) in [5, 5.41) is 0. The normalized spacial score (nSPS) is 10.2. The molecule has 1 aromatic heterocycles. The van der Waals surface area contributed by atoms with Gasteiger partial charge in [0, 0.05) is 28.0 Å². The summed E-state index contributed by atoms with van der Waals surface area (Å²) >= 11 is 3.29. The Morgan fingerprint density at radius 3 is 2.44 bits per heavy atom. The zero-order valence-corrected chi connectivity index (χ0v) is 10.7. The Hall–Kier alpha value is -1.75. The SMILES string of the molecule is O=c1c(C=C(F)F)cccn1-c1ccc(Br)cc1. The van der Waals surface area contributed by atoms with Crippen LogP contribution in [0.15, 0.2) is 57.9 Å². The molecule has 0 saturated heterocycles. The van der Waals surface area contributed by atoms with Crippen LogP contribution in [-0.2, 0) is 0 Å². The minimum absolute atomic E-state index is 0.0413. The maximum absolute atomic E-state index is 12.2. The van der Waals surface area contributed by atoms with Gasteiger partial charge in [0.1, 0.15) is 0 Å². The van der Waals surface area contributed by atoms with Crippen LogP contribution in [0.2, 0.25) is 0 Å². The molecule has 0 unspecified atom stereocenters. The number of hydrogen-bond acceptors (Lipinski definition) is 1. The Balaban J connectivity index is 2.56. The molecule has 0 aliphatic heterocycles. The number of halogens is 3. The highest BCUT2D eigenvalue weighted by atomic mass is 79.9. The summed E-state index contributed by atoms with van der Waals surface area (Å²) in [5.41, 5.74) is 0.103. The van der Waals surface area contributed by atoms with Crippen LogP contribution >= 0.6 is 15.9 Å². The van der Waals surface area contributed by atoms with Gasteiger partial charge in [-0.05, 0) is 36.4 Å². The molecule has 0 spiro atoms. The molecular formula is C13H8BrF2NO. The van der Waals surface area contributed by atoms with Gasteiger partial charge in [-0.25, -0.2) is 0 Å². The highest BCUT2D eigenvalue weighted by Gasteiger charge is 2.04. The van der Waals surface area contributed by atoms with Gasteiger partial charge in [-0.2, -0.15) is 8.78 Å². The number of pyridine rings is 1. The van der Waals surface area contributed by atoms with E-state index in [9.17, 15) is 13.6 Å². The molecule has 1 aromatic carbocycles. The lowest BCUT2D eigenvalue weighted by atomic mass is 10.2. The fourth-order valence-electron chi connectivity index (χ4n) is 1.54. The summed E-state index contributed by atoms with van der Waals surface area (Å²) in [7, 11) is 0. The van der Waals surface area contributed by atoms with E-state index in [1.807, 2.05) is 0 Å². The highest BCUT2D eigenvalue weighted by molar-refractivity contribution is 9.10. The van der Waals surface area contributed by atoms with Crippen molar-refractivity contribution in [1.82, 2.24) is 4.57 Å². The standard InChI is InChI=1S/C13H8BrF2NO/c14-10-3-5-11(6-4-10)17-7-1-2-9(13(17)18)8-12(15)16/h1-8H. The summed E-state index contributed by atoms with van der Waals surface area (Å²) in [4.78, 5) is 12.0. The van der Waals surface area contributed by atoms with Gasteiger partial charge in [0.15, 0.2) is 0 Å². The number of benzene rings is 1. The quantitative estimate of drug-likeness (QED) is 0.826. The van der Waals surface area contributed by atoms with Gasteiger partial charge in [-0.1, -0.05) is 15.9 Å². The minimum Gasteiger partial charge on any atom is -0.284 e. The van der Waals surface area contributed by atoms with Crippen LogP contribution in [0.3, 0.4) is 0 Å². The van der Waals surface area contributed by atoms with Gasteiger partial charge >= 0.3 is 0 Å². The van der Waals surface area contributed by atoms with E-state index in [1.54, 1.807) is 36.5 Å². The minimum atomic E-state index is -1.89. The molecule has 0 aliphatic carbocycles. The molecule has 0 aliphatic rings. The molecule has 0 amide bonds. The van der Waals surface area contributed by atoms with Crippen molar-refractivity contribution < 1.29 is 8.78 Å². The van der Waals surface area contributed by atoms with Crippen LogP contribution < -0.4 is 5.56 Å². The molecular weight excluding hydrogens is 304 g/mol. The molecule has 18 heavy (non-hydrogen) atoms. The van der Waals surface area contributed by atoms with Crippen molar-refractivity contribution in [2.75, 3.05) is 0 Å². The average Bonchev–Trinajstić information content (AvgIpc) is 2.33. The summed E-state index contributed by atoms with van der Waals surface area (Å²) in [6.45, 7) is 0. The Morgan fingerprint density at radius 1 is 1.17 bits per heavy atom. The van der Waals surface area contributed by atoms with E-state index in [0.29, 0.717) is 11.8 Å². The topological polar surface area (TPSA) is 22.0 Å². The molecule has 2 nitrogen and oxygen atoms in total. The zero-order valence-electron chi connectivity index (χ0n) is 9.11. The van der Waals surface area contributed by atoms with Crippen LogP contribution in [0, 0.1) is 0 Å². The molecule has 2 rings (SSSR count). The maximum atomic E-state index is 12.2. The van der Waals surface area contributed by atoms with Crippen molar-refractivity contribution in [3.05, 3.63) is 69.1 Å². The smallest absolute Gasteiger partial charge is 0.271 e. The molecule has 1 heterocycles. The lowest BCUT2D eigenvalue weighted by Crippen LogP contribution is -2.19. The third-order valence-electron chi connectivity index (χ3n) is 2.35. The van der Waals surface area contributed by atoms with E-state index in [4.69, 9.17) is 0 Å². The Labute approximate surface area is 110 Å². The van der Waals surface area contributed by atoms with E-state index in [0.717, 1.165) is 4.47 Å². The first-order chi connectivity index (χ1) is 8.58. The fraction of sp³-hybridized carbons (Fsp3) is 0. The fourth-order valence-corrected chi connectivity index (χ4v) is 1.81. The van der Waals surface area contributed by atoms with Crippen molar-refractivity contribution in [3.8, 4) is 5.69 Å². The number of nitrogens with zero attached hydrogens (tertiary/aromatic N) is 1. The van der Waals surface area contributed by atoms with Crippen LogP contribution in [0.1, 0.15) is 5.56 Å². The third kappa shape index (κ3) is 2.73. The van der Waals surface area contributed by atoms with E-state index in [1.165, 1.54) is 10.6 Å². The third-order valence-corrected chi connectivity index (χ3v) is 2.87. The highest BCUT2D eigenvalue weighted by Crippen LogP contribution is 2.13. The van der Waals surface area contributed by atoms with Crippen molar-refractivity contribution >= 4 is 22.0 Å². The number of aromatic nitrogens is 1. The van der Waals surface area contributed by atoms with Gasteiger partial charge in [0.25, 0.3) is 11.6 Å². The van der Waals surface area contributed by atoms with E-state index >= 15 is 0 Å². The van der Waals surface area contributed by atoms with Crippen molar-refractivity contribution in [3.63, 3.8) is 0 Å². The second-order valence-corrected chi connectivity index (χ2v) is 4.46. The van der Waals surface area contributed by atoms with Crippen molar-refractivity contribution in [1.29, 1.82) is 0 Å². The first kappa shape index (κ1) is 12.7. The predicted molar refractivity (Wildman–Crippen MR) is 69.9 cm³/mol. The number of hydrogen-bond donors (Lipinski definition) is 0. The van der Waals surface area contributed by atoms with Gasteiger partial charge in [-0.3, -0.25) is 9.36 Å². The van der Waals surface area contributed by atoms with Crippen LogP contribution in [0.25, 0.3) is 11.8 Å². The second kappa shape index (κ2) is 5.27. The first-order valence-electron chi connectivity index (χ1n) is 5.08. The van der Waals surface area contributed by atoms with Crippen LogP contribution in [-0.4, -0.2) is 4.57 Å². The van der Waals surface area contributed by atoms with Crippen LogP contribution in [0.4, 0.5) is 8.78 Å². The Morgan fingerprint density at radius 2 is 1.83 bits per heavy atom. The van der Waals surface area contributed by atoms with E-state index in [2.05, 4.69) is 15.9 Å². The maximum Gasteiger partial charge on any atom is 0.271 e. The van der Waals surface area contributed by atoms with Gasteiger partial charge in [0.2, 0.25) is 0 Å². The first-order valence-corrected chi connectivity index (χ1v) is 5.87. The van der Waals surface area contributed by atoms with Gasteiger partial charge in [-0.15, -0.1) is 0 Å². The van der Waals surface area contributed by atoms with Gasteiger partial charge < -0.3 is 0 Å². The predicted octanol–water partition coefficient (Wildman–Crippen LogP) is 3.84. The second-order valence-electron chi connectivity index (χ2n) is 3.55. The van der Waals surface area contributed by atoms with Crippen molar-refractivity contribution in [2.45, 2.75) is 0 Å². The monoisotopic (exact) mass is 311 g/mol. The molecule has 0 radical (unpaired) electrons. The van der Waals surface area contributed by atoms with Gasteiger partial charge in [0.05, 0.1) is 0 Å². The molecule has 2 aromatic rings. The Bertz CT molecular complexity index is 643. The zero-order chi connectivity index (χ0) is 13.1. The summed E-state index contributed by atoms with van der Waals surface area (Å²) in [5.74, 6) is 0. The molecule has 0 bridgehead atoms. The van der Waals surface area contributed by atoms with E-state index < -0.39 is 11.6 Å². The summed E-state index contributed by atoms with van der Waals surface area (Å²) in [6, 6.07) is 9.92. The lowest BCUT2D eigenvalue weighted by Gasteiger charge is -2.06. The molecule has 0 saturated carbocycles. The lowest BCUT2D eigenvalue weighted by molar-refractivity contribution is 0.429. The largest absolute Gasteiger partial charge is 0.284 e. The van der Waals surface area contributed by atoms with Crippen molar-refractivity contribution in [2.24, 2.45) is 0 Å². The van der Waals surface area contributed by atoms with Crippen LogP contribution in [0.5, 0.6) is 0 Å². The number of rotatable bonds is 2. The Kier molecular flexibility index (Phi) is 3.72. The molecule has 92 valence electrons. The molecule has 5 heteroatoms. The molecule has 0 fully saturated rings. The molecule has 0 N–H and O–H groups in total. The summed E-state index contributed by atoms with van der Waals surface area (Å²) in [6.07, 6.45) is 0.220.